The van der Waals surface area contributed by atoms with Gasteiger partial charge in [-0.1, -0.05) is 41.8 Å². The fourth-order valence-corrected chi connectivity index (χ4v) is 2.45. The maximum Gasteiger partial charge on any atom is 0.0453 e. The predicted octanol–water partition coefficient (Wildman–Crippen LogP) is 4.48. The molecule has 0 spiro atoms. The van der Waals surface area contributed by atoms with Crippen LogP contribution in [0.5, 0.6) is 0 Å². The number of halogens is 2. The van der Waals surface area contributed by atoms with E-state index in [2.05, 4.69) is 18.8 Å². The zero-order valence-corrected chi connectivity index (χ0v) is 11.9. The highest BCUT2D eigenvalue weighted by molar-refractivity contribution is 6.36. The van der Waals surface area contributed by atoms with Crippen molar-refractivity contribution < 1.29 is 0 Å². The largest absolute Gasteiger partial charge is 0.314 e. The number of nitrogens with one attached hydrogen (secondary N) is 1. The lowest BCUT2D eigenvalue weighted by Gasteiger charge is -2.19. The Morgan fingerprint density at radius 3 is 2.41 bits per heavy atom. The van der Waals surface area contributed by atoms with Gasteiger partial charge < -0.3 is 5.32 Å². The lowest BCUT2D eigenvalue weighted by molar-refractivity contribution is 0.520. The molecule has 0 radical (unpaired) electrons. The SMILES string of the molecule is C=C(C)CC(Cc1c(Cl)cccc1Cl)NCC. The van der Waals surface area contributed by atoms with Crippen LogP contribution in [0.2, 0.25) is 10.0 Å². The van der Waals surface area contributed by atoms with Crippen LogP contribution in [-0.4, -0.2) is 12.6 Å². The van der Waals surface area contributed by atoms with Crippen LogP contribution in [0.15, 0.2) is 30.4 Å². The highest BCUT2D eigenvalue weighted by Gasteiger charge is 2.13. The fraction of sp³-hybridized carbons (Fsp3) is 0.429. The van der Waals surface area contributed by atoms with Crippen LogP contribution in [0.3, 0.4) is 0 Å². The van der Waals surface area contributed by atoms with E-state index in [0.29, 0.717) is 6.04 Å². The zero-order chi connectivity index (χ0) is 12.8. The molecule has 0 saturated carbocycles. The van der Waals surface area contributed by atoms with E-state index in [-0.39, 0.29) is 0 Å². The molecule has 3 heteroatoms. The fourth-order valence-electron chi connectivity index (χ4n) is 1.90. The van der Waals surface area contributed by atoms with E-state index in [4.69, 9.17) is 23.2 Å². The Kier molecular flexibility index (Phi) is 6.04. The van der Waals surface area contributed by atoms with E-state index < -0.39 is 0 Å². The summed E-state index contributed by atoms with van der Waals surface area (Å²) in [6, 6.07) is 5.98. The van der Waals surface area contributed by atoms with E-state index in [1.807, 2.05) is 25.1 Å². The van der Waals surface area contributed by atoms with Crippen LogP contribution >= 0.6 is 23.2 Å². The Morgan fingerprint density at radius 1 is 1.35 bits per heavy atom. The Hall–Kier alpha value is -0.500. The maximum atomic E-state index is 6.18. The number of benzene rings is 1. The van der Waals surface area contributed by atoms with Crippen molar-refractivity contribution in [3.8, 4) is 0 Å². The van der Waals surface area contributed by atoms with E-state index >= 15 is 0 Å². The number of hydrogen-bond donors (Lipinski definition) is 1. The smallest absolute Gasteiger partial charge is 0.0453 e. The normalized spacial score (nSPS) is 12.5. The van der Waals surface area contributed by atoms with E-state index in [1.54, 1.807) is 0 Å². The predicted molar refractivity (Wildman–Crippen MR) is 77.1 cm³/mol. The molecule has 1 aromatic rings. The van der Waals surface area contributed by atoms with E-state index in [9.17, 15) is 0 Å². The molecule has 0 fully saturated rings. The van der Waals surface area contributed by atoms with Crippen LogP contribution in [0.25, 0.3) is 0 Å². The third-order valence-electron chi connectivity index (χ3n) is 2.60. The summed E-state index contributed by atoms with van der Waals surface area (Å²) in [4.78, 5) is 0. The molecular weight excluding hydrogens is 253 g/mol. The van der Waals surface area contributed by atoms with Gasteiger partial charge in [0, 0.05) is 16.1 Å². The summed E-state index contributed by atoms with van der Waals surface area (Å²) in [5, 5.41) is 4.91. The molecule has 1 rings (SSSR count). The Bertz CT molecular complexity index is 368. The van der Waals surface area contributed by atoms with Crippen molar-refractivity contribution in [1.82, 2.24) is 5.32 Å². The minimum absolute atomic E-state index is 0.342. The third kappa shape index (κ3) is 4.71. The lowest BCUT2D eigenvalue weighted by atomic mass is 10.00. The average molecular weight is 272 g/mol. The van der Waals surface area contributed by atoms with Gasteiger partial charge in [-0.25, -0.2) is 0 Å². The van der Waals surface area contributed by atoms with Gasteiger partial charge in [-0.05, 0) is 44.0 Å². The number of hydrogen-bond acceptors (Lipinski definition) is 1. The summed E-state index contributed by atoms with van der Waals surface area (Å²) >= 11 is 12.4. The van der Waals surface area contributed by atoms with Crippen molar-refractivity contribution in [3.63, 3.8) is 0 Å². The van der Waals surface area contributed by atoms with Gasteiger partial charge in [-0.15, -0.1) is 6.58 Å². The standard InChI is InChI=1S/C14H19Cl2N/c1-4-17-11(8-10(2)3)9-12-13(15)6-5-7-14(12)16/h5-7,11,17H,2,4,8-9H2,1,3H3. The molecule has 0 amide bonds. The summed E-state index contributed by atoms with van der Waals surface area (Å²) in [5.74, 6) is 0. The number of rotatable bonds is 6. The first-order valence-corrected chi connectivity index (χ1v) is 6.60. The van der Waals surface area contributed by atoms with Gasteiger partial charge in [0.2, 0.25) is 0 Å². The van der Waals surface area contributed by atoms with Crippen molar-refractivity contribution in [1.29, 1.82) is 0 Å². The lowest BCUT2D eigenvalue weighted by Crippen LogP contribution is -2.31. The summed E-state index contributed by atoms with van der Waals surface area (Å²) in [5.41, 5.74) is 2.18. The van der Waals surface area contributed by atoms with Crippen LogP contribution in [-0.2, 0) is 6.42 Å². The van der Waals surface area contributed by atoms with Crippen LogP contribution < -0.4 is 5.32 Å². The maximum absolute atomic E-state index is 6.18. The highest BCUT2D eigenvalue weighted by atomic mass is 35.5. The first-order chi connectivity index (χ1) is 8.04. The quantitative estimate of drug-likeness (QED) is 0.753. The van der Waals surface area contributed by atoms with Crippen LogP contribution in [0.1, 0.15) is 25.8 Å². The van der Waals surface area contributed by atoms with E-state index in [0.717, 1.165) is 35.0 Å². The van der Waals surface area contributed by atoms with Crippen molar-refractivity contribution in [2.45, 2.75) is 32.7 Å². The van der Waals surface area contributed by atoms with Gasteiger partial charge in [-0.3, -0.25) is 0 Å². The summed E-state index contributed by atoms with van der Waals surface area (Å²) in [6.45, 7) is 9.03. The van der Waals surface area contributed by atoms with Crippen LogP contribution in [0.4, 0.5) is 0 Å². The molecule has 0 aliphatic rings. The molecule has 0 aliphatic heterocycles. The van der Waals surface area contributed by atoms with Gasteiger partial charge in [-0.2, -0.15) is 0 Å². The highest BCUT2D eigenvalue weighted by Crippen LogP contribution is 2.26. The minimum Gasteiger partial charge on any atom is -0.314 e. The van der Waals surface area contributed by atoms with Crippen molar-refractivity contribution in [2.75, 3.05) is 6.54 Å². The summed E-state index contributed by atoms with van der Waals surface area (Å²) < 4.78 is 0. The topological polar surface area (TPSA) is 12.0 Å². The molecule has 17 heavy (non-hydrogen) atoms. The zero-order valence-electron chi connectivity index (χ0n) is 10.4. The van der Waals surface area contributed by atoms with Gasteiger partial charge in [0.25, 0.3) is 0 Å². The Labute approximate surface area is 114 Å². The van der Waals surface area contributed by atoms with Crippen molar-refractivity contribution in [3.05, 3.63) is 46.0 Å². The van der Waals surface area contributed by atoms with Gasteiger partial charge in [0.05, 0.1) is 0 Å². The third-order valence-corrected chi connectivity index (χ3v) is 3.31. The monoisotopic (exact) mass is 271 g/mol. The van der Waals surface area contributed by atoms with Crippen LogP contribution in [0, 0.1) is 0 Å². The molecule has 0 heterocycles. The Balaban J connectivity index is 2.81. The van der Waals surface area contributed by atoms with E-state index in [1.165, 1.54) is 5.57 Å². The van der Waals surface area contributed by atoms with Gasteiger partial charge >= 0.3 is 0 Å². The second-order valence-electron chi connectivity index (χ2n) is 4.32. The molecule has 0 saturated heterocycles. The molecule has 1 unspecified atom stereocenters. The number of likely N-dealkylation sites (N-methyl/N-ethyl adjacent to an activating group) is 1. The molecule has 1 N–H and O–H groups in total. The van der Waals surface area contributed by atoms with Crippen molar-refractivity contribution in [2.24, 2.45) is 0 Å². The first-order valence-electron chi connectivity index (χ1n) is 5.85. The van der Waals surface area contributed by atoms with Gasteiger partial charge in [0.1, 0.15) is 0 Å². The molecule has 1 aromatic carbocycles. The summed E-state index contributed by atoms with van der Waals surface area (Å²) in [7, 11) is 0. The summed E-state index contributed by atoms with van der Waals surface area (Å²) in [6.07, 6.45) is 1.77. The molecule has 0 bridgehead atoms. The second-order valence-corrected chi connectivity index (χ2v) is 5.13. The molecule has 1 nitrogen and oxygen atoms in total. The average Bonchev–Trinajstić information content (AvgIpc) is 2.23. The Morgan fingerprint density at radius 2 is 1.94 bits per heavy atom. The molecule has 1 atom stereocenters. The molecule has 0 aliphatic carbocycles. The van der Waals surface area contributed by atoms with Crippen molar-refractivity contribution >= 4 is 23.2 Å². The molecular formula is C14H19Cl2N. The van der Waals surface area contributed by atoms with Gasteiger partial charge in [0.15, 0.2) is 0 Å². The molecule has 0 aromatic heterocycles. The minimum atomic E-state index is 0.342. The molecule has 94 valence electrons. The second kappa shape index (κ2) is 7.05. The first kappa shape index (κ1) is 14.6.